The number of unbranched alkanes of at least 4 members (excludes halogenated alkanes) is 1. The van der Waals surface area contributed by atoms with E-state index >= 15 is 0 Å². The van der Waals surface area contributed by atoms with Crippen LogP contribution in [0.2, 0.25) is 0 Å². The lowest BCUT2D eigenvalue weighted by molar-refractivity contribution is -0.114. The van der Waals surface area contributed by atoms with Crippen LogP contribution in [-0.2, 0) is 4.79 Å². The second kappa shape index (κ2) is 10.1. The molecule has 0 aliphatic heterocycles. The third kappa shape index (κ3) is 5.84. The molecule has 1 aromatic heterocycles. The summed E-state index contributed by atoms with van der Waals surface area (Å²) in [6.45, 7) is 4.31. The summed E-state index contributed by atoms with van der Waals surface area (Å²) in [6.07, 6.45) is 3.57. The van der Waals surface area contributed by atoms with Crippen molar-refractivity contribution in [3.63, 3.8) is 0 Å². The Morgan fingerprint density at radius 1 is 0.933 bits per heavy atom. The van der Waals surface area contributed by atoms with Gasteiger partial charge in [0.05, 0.1) is 6.61 Å². The Morgan fingerprint density at radius 3 is 2.00 bits per heavy atom. The van der Waals surface area contributed by atoms with E-state index in [9.17, 15) is 4.79 Å². The number of anilines is 6. The molecule has 3 aromatic rings. The van der Waals surface area contributed by atoms with Crippen molar-refractivity contribution in [2.75, 3.05) is 28.3 Å². The predicted molar refractivity (Wildman–Crippen MR) is 121 cm³/mol. The van der Waals surface area contributed by atoms with Gasteiger partial charge in [-0.25, -0.2) is 9.97 Å². The predicted octanol–water partition coefficient (Wildman–Crippen LogP) is 4.68. The first-order chi connectivity index (χ1) is 14.5. The molecule has 0 atom stereocenters. The molecule has 0 radical (unpaired) electrons. The summed E-state index contributed by atoms with van der Waals surface area (Å²) in [5.41, 5.74) is 8.99. The number of hydrogen-bond donors (Lipinski definition) is 4. The van der Waals surface area contributed by atoms with Gasteiger partial charge in [0, 0.05) is 24.0 Å². The third-order valence-corrected chi connectivity index (χ3v) is 4.24. The highest BCUT2D eigenvalue weighted by atomic mass is 16.5. The Labute approximate surface area is 175 Å². The molecule has 30 heavy (non-hydrogen) atoms. The van der Waals surface area contributed by atoms with Crippen LogP contribution < -0.4 is 26.4 Å². The lowest BCUT2D eigenvalue weighted by atomic mass is 10.2. The van der Waals surface area contributed by atoms with Crippen LogP contribution in [0.5, 0.6) is 5.75 Å². The van der Waals surface area contributed by atoms with Gasteiger partial charge in [-0.15, -0.1) is 0 Å². The van der Waals surface area contributed by atoms with Crippen LogP contribution in [-0.4, -0.2) is 22.5 Å². The van der Waals surface area contributed by atoms with E-state index in [1.807, 2.05) is 36.4 Å². The SMILES string of the molecule is CCCCOc1ccc(Nc2ncnc(Nc3ccc(NC(C)=O)cc3)c2N)cc1. The summed E-state index contributed by atoms with van der Waals surface area (Å²) in [6, 6.07) is 14.9. The van der Waals surface area contributed by atoms with E-state index in [0.29, 0.717) is 29.6 Å². The molecule has 8 nitrogen and oxygen atoms in total. The fourth-order valence-corrected chi connectivity index (χ4v) is 2.68. The van der Waals surface area contributed by atoms with Crippen LogP contribution in [0.25, 0.3) is 0 Å². The minimum atomic E-state index is -0.118. The molecule has 0 saturated heterocycles. The van der Waals surface area contributed by atoms with E-state index in [2.05, 4.69) is 32.8 Å². The van der Waals surface area contributed by atoms with Gasteiger partial charge in [0.1, 0.15) is 17.8 Å². The van der Waals surface area contributed by atoms with Crippen molar-refractivity contribution in [2.45, 2.75) is 26.7 Å². The van der Waals surface area contributed by atoms with Crippen LogP contribution in [0, 0.1) is 0 Å². The smallest absolute Gasteiger partial charge is 0.221 e. The van der Waals surface area contributed by atoms with Crippen molar-refractivity contribution in [2.24, 2.45) is 0 Å². The van der Waals surface area contributed by atoms with Crippen molar-refractivity contribution >= 4 is 40.3 Å². The number of nitrogen functional groups attached to an aromatic ring is 1. The molecule has 1 heterocycles. The van der Waals surface area contributed by atoms with E-state index in [1.165, 1.54) is 13.3 Å². The number of nitrogens with zero attached hydrogens (tertiary/aromatic N) is 2. The van der Waals surface area contributed by atoms with Crippen LogP contribution in [0.3, 0.4) is 0 Å². The molecule has 3 rings (SSSR count). The molecule has 0 aliphatic rings. The van der Waals surface area contributed by atoms with Gasteiger partial charge in [-0.3, -0.25) is 4.79 Å². The summed E-state index contributed by atoms with van der Waals surface area (Å²) >= 11 is 0. The average molecular weight is 406 g/mol. The highest BCUT2D eigenvalue weighted by Crippen LogP contribution is 2.29. The number of aromatic nitrogens is 2. The van der Waals surface area contributed by atoms with Crippen molar-refractivity contribution in [1.82, 2.24) is 9.97 Å². The minimum absolute atomic E-state index is 0.118. The van der Waals surface area contributed by atoms with Crippen molar-refractivity contribution < 1.29 is 9.53 Å². The fraction of sp³-hybridized carbons (Fsp3) is 0.227. The number of amides is 1. The number of ether oxygens (including phenoxy) is 1. The standard InChI is InChI=1S/C22H26N6O2/c1-3-4-13-30-19-11-9-18(10-12-19)28-22-20(23)21(24-14-25-22)27-17-7-5-16(6-8-17)26-15(2)29/h5-12,14H,3-4,13,23H2,1-2H3,(H,26,29)(H2,24,25,27,28). The number of nitrogens with one attached hydrogen (secondary N) is 3. The minimum Gasteiger partial charge on any atom is -0.494 e. The normalized spacial score (nSPS) is 10.3. The fourth-order valence-electron chi connectivity index (χ4n) is 2.68. The molecule has 156 valence electrons. The third-order valence-electron chi connectivity index (χ3n) is 4.24. The highest BCUT2D eigenvalue weighted by molar-refractivity contribution is 5.89. The number of hydrogen-bond acceptors (Lipinski definition) is 7. The van der Waals surface area contributed by atoms with Gasteiger partial charge >= 0.3 is 0 Å². The molecular weight excluding hydrogens is 380 g/mol. The lowest BCUT2D eigenvalue weighted by Crippen LogP contribution is -2.06. The van der Waals surface area contributed by atoms with E-state index in [-0.39, 0.29) is 5.91 Å². The monoisotopic (exact) mass is 406 g/mol. The number of benzene rings is 2. The van der Waals surface area contributed by atoms with Crippen LogP contribution in [0.1, 0.15) is 26.7 Å². The van der Waals surface area contributed by atoms with E-state index < -0.39 is 0 Å². The van der Waals surface area contributed by atoms with Gasteiger partial charge in [-0.2, -0.15) is 0 Å². The second-order valence-corrected chi connectivity index (χ2v) is 6.72. The van der Waals surface area contributed by atoms with Gasteiger partial charge in [0.25, 0.3) is 0 Å². The molecule has 5 N–H and O–H groups in total. The van der Waals surface area contributed by atoms with Crippen LogP contribution >= 0.6 is 0 Å². The first-order valence-electron chi connectivity index (χ1n) is 9.80. The maximum atomic E-state index is 11.1. The summed E-state index contributed by atoms with van der Waals surface area (Å²) in [4.78, 5) is 19.6. The zero-order chi connectivity index (χ0) is 21.3. The largest absolute Gasteiger partial charge is 0.494 e. The molecule has 0 unspecified atom stereocenters. The highest BCUT2D eigenvalue weighted by Gasteiger charge is 2.09. The van der Waals surface area contributed by atoms with Gasteiger partial charge in [-0.1, -0.05) is 13.3 Å². The summed E-state index contributed by atoms with van der Waals surface area (Å²) in [5, 5.41) is 9.10. The Morgan fingerprint density at radius 2 is 1.47 bits per heavy atom. The second-order valence-electron chi connectivity index (χ2n) is 6.72. The zero-order valence-electron chi connectivity index (χ0n) is 17.1. The molecular formula is C22H26N6O2. The lowest BCUT2D eigenvalue weighted by Gasteiger charge is -2.13. The summed E-state index contributed by atoms with van der Waals surface area (Å²) in [5.74, 6) is 1.70. The van der Waals surface area contributed by atoms with E-state index in [0.717, 1.165) is 30.0 Å². The molecule has 8 heteroatoms. The number of carbonyl (C=O) groups excluding carboxylic acids is 1. The summed E-state index contributed by atoms with van der Waals surface area (Å²) < 4.78 is 5.68. The Hall–Kier alpha value is -3.81. The molecule has 0 fully saturated rings. The maximum Gasteiger partial charge on any atom is 0.221 e. The van der Waals surface area contributed by atoms with Gasteiger partial charge < -0.3 is 26.4 Å². The zero-order valence-corrected chi connectivity index (χ0v) is 17.1. The van der Waals surface area contributed by atoms with Crippen molar-refractivity contribution in [3.8, 4) is 5.75 Å². The van der Waals surface area contributed by atoms with Crippen molar-refractivity contribution in [3.05, 3.63) is 54.9 Å². The van der Waals surface area contributed by atoms with E-state index in [4.69, 9.17) is 10.5 Å². The summed E-state index contributed by atoms with van der Waals surface area (Å²) in [7, 11) is 0. The van der Waals surface area contributed by atoms with Gasteiger partial charge in [0.2, 0.25) is 5.91 Å². The number of rotatable bonds is 9. The molecule has 0 aliphatic carbocycles. The van der Waals surface area contributed by atoms with Crippen LogP contribution in [0.15, 0.2) is 54.9 Å². The Kier molecular flexibility index (Phi) is 7.05. The molecule has 0 bridgehead atoms. The maximum absolute atomic E-state index is 11.1. The van der Waals surface area contributed by atoms with Crippen LogP contribution in [0.4, 0.5) is 34.4 Å². The first-order valence-corrected chi connectivity index (χ1v) is 9.80. The van der Waals surface area contributed by atoms with E-state index in [1.54, 1.807) is 12.1 Å². The van der Waals surface area contributed by atoms with Gasteiger partial charge in [-0.05, 0) is 55.0 Å². The number of carbonyl (C=O) groups is 1. The van der Waals surface area contributed by atoms with Crippen molar-refractivity contribution in [1.29, 1.82) is 0 Å². The molecule has 0 spiro atoms. The number of nitrogens with two attached hydrogens (primary N) is 1. The molecule has 0 saturated carbocycles. The Balaban J connectivity index is 1.66. The average Bonchev–Trinajstić information content (AvgIpc) is 2.73. The molecule has 2 aromatic carbocycles. The quantitative estimate of drug-likeness (QED) is 0.381. The first kappa shape index (κ1) is 20.9. The Bertz CT molecular complexity index is 974. The van der Waals surface area contributed by atoms with Gasteiger partial charge in [0.15, 0.2) is 11.6 Å². The molecule has 1 amide bonds. The topological polar surface area (TPSA) is 114 Å².